The number of aromatic amines is 1. The molecule has 5 nitrogen and oxygen atoms in total. The lowest BCUT2D eigenvalue weighted by atomic mass is 9.69. The van der Waals surface area contributed by atoms with Crippen molar-refractivity contribution in [3.05, 3.63) is 35.5 Å². The Hall–Kier alpha value is -2.21. The lowest BCUT2D eigenvalue weighted by molar-refractivity contribution is 0.142. The fraction of sp³-hybridized carbons (Fsp3) is 0.476. The zero-order chi connectivity index (χ0) is 19.7. The van der Waals surface area contributed by atoms with E-state index in [9.17, 15) is 4.39 Å². The fourth-order valence-electron chi connectivity index (χ4n) is 5.35. The quantitative estimate of drug-likeness (QED) is 0.615. The summed E-state index contributed by atoms with van der Waals surface area (Å²) in [6.45, 7) is 7.01. The van der Waals surface area contributed by atoms with Gasteiger partial charge in [-0.15, -0.1) is 0 Å². The zero-order valence-corrected chi connectivity index (χ0v) is 16.9. The maximum atomic E-state index is 14.6. The Morgan fingerprint density at radius 2 is 2.07 bits per heavy atom. The van der Waals surface area contributed by atoms with Crippen LogP contribution in [0.5, 0.6) is 0 Å². The average Bonchev–Trinajstić information content (AvgIpc) is 3.22. The van der Waals surface area contributed by atoms with Crippen molar-refractivity contribution in [2.24, 2.45) is 16.7 Å². The van der Waals surface area contributed by atoms with Gasteiger partial charge in [0.15, 0.2) is 17.5 Å². The summed E-state index contributed by atoms with van der Waals surface area (Å²) in [6.07, 6.45) is 8.07. The standard InChI is InChI=1S/C21H23ClFN5/c1-20(2)11-4-5-21(20,3)16(6-11)27-19-15(23)10-26-18(28-19)14-9-25-17-13(14)7-12(22)8-24-17/h7-11,16H,4-6H2,1-3H3,(H,24,25)(H,26,27,28)/t11?,16-,21-/m0/s1. The van der Waals surface area contributed by atoms with Crippen LogP contribution < -0.4 is 5.32 Å². The Morgan fingerprint density at radius 3 is 2.79 bits per heavy atom. The third-order valence-electron chi connectivity index (χ3n) is 7.59. The van der Waals surface area contributed by atoms with Gasteiger partial charge in [0.2, 0.25) is 0 Å². The largest absolute Gasteiger partial charge is 0.364 e. The molecule has 2 fully saturated rings. The van der Waals surface area contributed by atoms with Crippen LogP contribution >= 0.6 is 11.6 Å². The predicted molar refractivity (Wildman–Crippen MR) is 109 cm³/mol. The number of pyridine rings is 1. The molecule has 0 spiro atoms. The lowest BCUT2D eigenvalue weighted by Gasteiger charge is -2.39. The van der Waals surface area contributed by atoms with Crippen LogP contribution in [0.25, 0.3) is 22.4 Å². The summed E-state index contributed by atoms with van der Waals surface area (Å²) < 4.78 is 14.6. The summed E-state index contributed by atoms with van der Waals surface area (Å²) in [7, 11) is 0. The highest BCUT2D eigenvalue weighted by atomic mass is 35.5. The van der Waals surface area contributed by atoms with E-state index in [2.05, 4.69) is 46.0 Å². The van der Waals surface area contributed by atoms with E-state index < -0.39 is 5.82 Å². The smallest absolute Gasteiger partial charge is 0.183 e. The van der Waals surface area contributed by atoms with E-state index in [1.165, 1.54) is 12.6 Å². The molecule has 0 saturated heterocycles. The number of nitrogens with zero attached hydrogens (tertiary/aromatic N) is 3. The number of H-pyrrole nitrogens is 1. The molecule has 3 aromatic rings. The number of nitrogens with one attached hydrogen (secondary N) is 2. The van der Waals surface area contributed by atoms with Gasteiger partial charge in [-0.05, 0) is 42.1 Å². The molecule has 0 aromatic carbocycles. The molecule has 7 heteroatoms. The van der Waals surface area contributed by atoms with Gasteiger partial charge in [-0.25, -0.2) is 19.3 Å². The first-order valence-corrected chi connectivity index (χ1v) is 10.1. The van der Waals surface area contributed by atoms with Gasteiger partial charge in [0.1, 0.15) is 5.65 Å². The lowest BCUT2D eigenvalue weighted by Crippen LogP contribution is -2.40. The van der Waals surface area contributed by atoms with Gasteiger partial charge in [-0.3, -0.25) is 0 Å². The summed E-state index contributed by atoms with van der Waals surface area (Å²) >= 11 is 6.09. The third kappa shape index (κ3) is 2.40. The highest BCUT2D eigenvalue weighted by molar-refractivity contribution is 6.31. The van der Waals surface area contributed by atoms with E-state index in [-0.39, 0.29) is 22.7 Å². The highest BCUT2D eigenvalue weighted by Gasteiger charge is 2.61. The van der Waals surface area contributed by atoms with Crippen molar-refractivity contribution in [1.29, 1.82) is 0 Å². The topological polar surface area (TPSA) is 66.5 Å². The van der Waals surface area contributed by atoms with E-state index in [4.69, 9.17) is 11.6 Å². The van der Waals surface area contributed by atoms with Crippen molar-refractivity contribution in [3.63, 3.8) is 0 Å². The summed E-state index contributed by atoms with van der Waals surface area (Å²) in [5, 5.41) is 4.77. The number of rotatable bonds is 3. The van der Waals surface area contributed by atoms with Gasteiger partial charge in [-0.1, -0.05) is 32.4 Å². The molecule has 2 aliphatic rings. The second kappa shape index (κ2) is 5.89. The zero-order valence-electron chi connectivity index (χ0n) is 16.2. The minimum Gasteiger partial charge on any atom is -0.364 e. The Bertz CT molecular complexity index is 1080. The van der Waals surface area contributed by atoms with Gasteiger partial charge in [-0.2, -0.15) is 0 Å². The molecule has 2 aliphatic carbocycles. The highest BCUT2D eigenvalue weighted by Crippen LogP contribution is 2.65. The molecule has 2 bridgehead atoms. The Kier molecular flexibility index (Phi) is 3.76. The number of hydrogen-bond acceptors (Lipinski definition) is 4. The third-order valence-corrected chi connectivity index (χ3v) is 7.79. The van der Waals surface area contributed by atoms with E-state index in [1.54, 1.807) is 12.4 Å². The van der Waals surface area contributed by atoms with Crippen molar-refractivity contribution in [3.8, 4) is 11.4 Å². The molecule has 1 unspecified atom stereocenters. The van der Waals surface area contributed by atoms with Gasteiger partial charge in [0.05, 0.1) is 11.2 Å². The molecule has 0 aliphatic heterocycles. The van der Waals surface area contributed by atoms with Crippen molar-refractivity contribution in [1.82, 2.24) is 19.9 Å². The molecule has 2 N–H and O–H groups in total. The fourth-order valence-corrected chi connectivity index (χ4v) is 5.51. The monoisotopic (exact) mass is 399 g/mol. The molecule has 3 atom stereocenters. The second-order valence-electron chi connectivity index (χ2n) is 8.95. The van der Waals surface area contributed by atoms with Crippen LogP contribution in [-0.2, 0) is 0 Å². The molecule has 146 valence electrons. The van der Waals surface area contributed by atoms with Crippen LogP contribution in [0, 0.1) is 22.6 Å². The van der Waals surface area contributed by atoms with E-state index in [0.717, 1.165) is 23.8 Å². The molecule has 3 aromatic heterocycles. The van der Waals surface area contributed by atoms with Crippen LogP contribution in [0.15, 0.2) is 24.7 Å². The molecular formula is C21H23ClFN5. The van der Waals surface area contributed by atoms with E-state index in [0.29, 0.717) is 22.4 Å². The van der Waals surface area contributed by atoms with E-state index >= 15 is 0 Å². The van der Waals surface area contributed by atoms with Gasteiger partial charge in [0.25, 0.3) is 0 Å². The molecule has 5 rings (SSSR count). The summed E-state index contributed by atoms with van der Waals surface area (Å²) in [4.78, 5) is 16.1. The Morgan fingerprint density at radius 1 is 1.25 bits per heavy atom. The number of aromatic nitrogens is 4. The van der Waals surface area contributed by atoms with Crippen LogP contribution in [0.4, 0.5) is 10.2 Å². The number of hydrogen-bond donors (Lipinski definition) is 2. The molecule has 3 heterocycles. The van der Waals surface area contributed by atoms with Gasteiger partial charge in [0, 0.05) is 29.4 Å². The van der Waals surface area contributed by atoms with Crippen LogP contribution in [-0.4, -0.2) is 26.0 Å². The number of anilines is 1. The average molecular weight is 400 g/mol. The number of halogens is 2. The van der Waals surface area contributed by atoms with Crippen molar-refractivity contribution in [2.75, 3.05) is 5.32 Å². The van der Waals surface area contributed by atoms with Crippen molar-refractivity contribution in [2.45, 2.75) is 46.1 Å². The minimum absolute atomic E-state index is 0.132. The normalized spacial score (nSPS) is 28.2. The summed E-state index contributed by atoms with van der Waals surface area (Å²) in [5.74, 6) is 0.959. The summed E-state index contributed by atoms with van der Waals surface area (Å²) in [6, 6.07) is 2.02. The van der Waals surface area contributed by atoms with Crippen LogP contribution in [0.3, 0.4) is 0 Å². The SMILES string of the molecule is CC1(C)C2CC[C@@]1(C)[C@@H](Nc1nc(-c3c[nH]c4ncc(Cl)cc34)ncc1F)C2. The maximum Gasteiger partial charge on any atom is 0.183 e. The maximum absolute atomic E-state index is 14.6. The minimum atomic E-state index is -0.427. The Balaban J connectivity index is 1.51. The number of fused-ring (bicyclic) bond motifs is 3. The first-order valence-electron chi connectivity index (χ1n) is 9.72. The predicted octanol–water partition coefficient (Wildman–Crippen LogP) is 5.44. The van der Waals surface area contributed by atoms with Crippen molar-refractivity contribution >= 4 is 28.5 Å². The van der Waals surface area contributed by atoms with Crippen molar-refractivity contribution < 1.29 is 4.39 Å². The van der Waals surface area contributed by atoms with Gasteiger partial charge >= 0.3 is 0 Å². The van der Waals surface area contributed by atoms with Crippen LogP contribution in [0.2, 0.25) is 5.02 Å². The molecular weight excluding hydrogens is 377 g/mol. The first-order chi connectivity index (χ1) is 13.3. The molecule has 0 amide bonds. The van der Waals surface area contributed by atoms with Crippen LogP contribution in [0.1, 0.15) is 40.0 Å². The second-order valence-corrected chi connectivity index (χ2v) is 9.39. The molecule has 2 saturated carbocycles. The first kappa shape index (κ1) is 17.9. The Labute approximate surface area is 168 Å². The molecule has 28 heavy (non-hydrogen) atoms. The van der Waals surface area contributed by atoms with Gasteiger partial charge < -0.3 is 10.3 Å². The molecule has 0 radical (unpaired) electrons. The van der Waals surface area contributed by atoms with E-state index in [1.807, 2.05) is 6.07 Å². The summed E-state index contributed by atoms with van der Waals surface area (Å²) in [5.41, 5.74) is 1.83.